The molecule has 3 aromatic rings. The molecule has 0 unspecified atom stereocenters. The van der Waals surface area contributed by atoms with Crippen molar-refractivity contribution in [3.8, 4) is 0 Å². The number of halogens is 3. The Morgan fingerprint density at radius 3 is 2.45 bits per heavy atom. The fourth-order valence-electron chi connectivity index (χ4n) is 3.99. The first-order valence-electron chi connectivity index (χ1n) is 9.93. The largest absolute Gasteiger partial charge is 0.416 e. The molecule has 10 nitrogen and oxygen atoms in total. The monoisotopic (exact) mass is 464 g/mol. The van der Waals surface area contributed by atoms with Crippen LogP contribution in [0, 0.1) is 17.0 Å². The number of hydrogen-bond acceptors (Lipinski definition) is 6. The number of nitrogens with zero attached hydrogens (tertiary/aromatic N) is 5. The summed E-state index contributed by atoms with van der Waals surface area (Å²) in [6, 6.07) is 3.94. The smallest absolute Gasteiger partial charge is 0.362 e. The third-order valence-corrected chi connectivity index (χ3v) is 5.58. The van der Waals surface area contributed by atoms with Gasteiger partial charge < -0.3 is 9.80 Å². The van der Waals surface area contributed by atoms with Crippen molar-refractivity contribution in [3.63, 3.8) is 0 Å². The van der Waals surface area contributed by atoms with Crippen LogP contribution in [0.5, 0.6) is 0 Å². The van der Waals surface area contributed by atoms with E-state index in [-0.39, 0.29) is 48.7 Å². The number of rotatable bonds is 3. The summed E-state index contributed by atoms with van der Waals surface area (Å²) in [6.45, 7) is 2.40. The SMILES string of the molecule is Cc1cc(C(=O)N2CCN(c3ccc(C(F)(F)F)cc3[N+](=O)[O-])CC2)c2c(=O)[nH]n(C)c2n1. The summed E-state index contributed by atoms with van der Waals surface area (Å²) < 4.78 is 40.3. The standard InChI is InChI=1S/C20H19F3N6O4/c1-11-9-13(16-17(24-11)26(2)25-18(16)30)19(31)28-7-5-27(6-8-28)14-4-3-12(20(21,22)23)10-15(14)29(32)33/h3-4,9-10H,5-8H2,1-2H3,(H,25,30). The van der Waals surface area contributed by atoms with Gasteiger partial charge in [0, 0.05) is 45.0 Å². The van der Waals surface area contributed by atoms with Gasteiger partial charge in [-0.1, -0.05) is 0 Å². The number of nitro groups is 1. The van der Waals surface area contributed by atoms with Gasteiger partial charge in [0.25, 0.3) is 17.2 Å². The fourth-order valence-corrected chi connectivity index (χ4v) is 3.99. The summed E-state index contributed by atoms with van der Waals surface area (Å²) >= 11 is 0. The van der Waals surface area contributed by atoms with Crippen molar-refractivity contribution >= 4 is 28.3 Å². The minimum Gasteiger partial charge on any atom is -0.362 e. The first kappa shape index (κ1) is 22.3. The van der Waals surface area contributed by atoms with Crippen LogP contribution in [0.15, 0.2) is 29.1 Å². The third-order valence-electron chi connectivity index (χ3n) is 5.58. The molecule has 0 spiro atoms. The number of benzene rings is 1. The molecule has 1 aromatic carbocycles. The Labute approximate surface area is 184 Å². The Morgan fingerprint density at radius 1 is 1.18 bits per heavy atom. The number of amides is 1. The molecule has 1 N–H and O–H groups in total. The van der Waals surface area contributed by atoms with Crippen molar-refractivity contribution in [1.29, 1.82) is 0 Å². The number of piperazine rings is 1. The quantitative estimate of drug-likeness (QED) is 0.470. The van der Waals surface area contributed by atoms with E-state index in [1.54, 1.807) is 18.9 Å². The lowest BCUT2D eigenvalue weighted by atomic mass is 10.1. The minimum atomic E-state index is -4.70. The van der Waals surface area contributed by atoms with Gasteiger partial charge in [0.1, 0.15) is 5.69 Å². The number of carbonyl (C=O) groups is 1. The number of pyridine rings is 1. The van der Waals surface area contributed by atoms with Gasteiger partial charge >= 0.3 is 6.18 Å². The number of anilines is 1. The highest BCUT2D eigenvalue weighted by Crippen LogP contribution is 2.36. The first-order valence-corrected chi connectivity index (χ1v) is 9.93. The van der Waals surface area contributed by atoms with Crippen LogP contribution in [-0.4, -0.2) is 56.7 Å². The predicted molar refractivity (Wildman–Crippen MR) is 112 cm³/mol. The summed E-state index contributed by atoms with van der Waals surface area (Å²) in [5.41, 5.74) is -1.02. The lowest BCUT2D eigenvalue weighted by Crippen LogP contribution is -2.49. The number of alkyl halides is 3. The molecule has 0 atom stereocenters. The highest BCUT2D eigenvalue weighted by Gasteiger charge is 2.34. The fraction of sp³-hybridized carbons (Fsp3) is 0.350. The van der Waals surface area contributed by atoms with Crippen LogP contribution in [0.1, 0.15) is 21.6 Å². The van der Waals surface area contributed by atoms with Gasteiger partial charge in [-0.25, -0.2) is 4.98 Å². The van der Waals surface area contributed by atoms with Gasteiger partial charge in [-0.3, -0.25) is 29.5 Å². The van der Waals surface area contributed by atoms with E-state index >= 15 is 0 Å². The number of aromatic amines is 1. The molecular weight excluding hydrogens is 445 g/mol. The number of hydrogen-bond donors (Lipinski definition) is 1. The molecule has 0 bridgehead atoms. The van der Waals surface area contributed by atoms with Gasteiger partial charge in [-0.15, -0.1) is 0 Å². The Morgan fingerprint density at radius 2 is 1.85 bits per heavy atom. The molecular formula is C20H19F3N6O4. The van der Waals surface area contributed by atoms with Crippen molar-refractivity contribution in [2.75, 3.05) is 31.1 Å². The summed E-state index contributed by atoms with van der Waals surface area (Å²) in [5, 5.41) is 14.1. The number of H-pyrrole nitrogens is 1. The normalized spacial score (nSPS) is 14.7. The average Bonchev–Trinajstić information content (AvgIpc) is 3.05. The molecule has 1 aliphatic heterocycles. The second kappa shape index (κ2) is 7.90. The lowest BCUT2D eigenvalue weighted by molar-refractivity contribution is -0.384. The number of carbonyl (C=O) groups excluding carboxylic acids is 1. The Kier molecular flexibility index (Phi) is 5.34. The van der Waals surface area contributed by atoms with Gasteiger partial charge in [-0.05, 0) is 25.1 Å². The van der Waals surface area contributed by atoms with Crippen LogP contribution in [0.2, 0.25) is 0 Å². The highest BCUT2D eigenvalue weighted by molar-refractivity contribution is 6.05. The van der Waals surface area contributed by atoms with Crippen LogP contribution in [0.3, 0.4) is 0 Å². The van der Waals surface area contributed by atoms with Crippen LogP contribution < -0.4 is 10.5 Å². The second-order valence-corrected chi connectivity index (χ2v) is 7.75. The van der Waals surface area contributed by atoms with E-state index in [9.17, 15) is 32.9 Å². The zero-order valence-corrected chi connectivity index (χ0v) is 17.6. The van der Waals surface area contributed by atoms with E-state index in [0.29, 0.717) is 17.4 Å². The van der Waals surface area contributed by atoms with Crippen LogP contribution in [0.25, 0.3) is 11.0 Å². The van der Waals surface area contributed by atoms with Crippen molar-refractivity contribution in [3.05, 3.63) is 61.6 Å². The Hall–Kier alpha value is -3.90. The molecule has 3 heterocycles. The van der Waals surface area contributed by atoms with E-state index < -0.39 is 27.9 Å². The average molecular weight is 464 g/mol. The van der Waals surface area contributed by atoms with E-state index in [1.165, 1.54) is 15.6 Å². The molecule has 0 saturated carbocycles. The molecule has 0 aliphatic carbocycles. The van der Waals surface area contributed by atoms with Crippen molar-refractivity contribution in [1.82, 2.24) is 19.7 Å². The summed E-state index contributed by atoms with van der Waals surface area (Å²) in [4.78, 5) is 43.4. The van der Waals surface area contributed by atoms with Crippen LogP contribution in [0.4, 0.5) is 24.5 Å². The first-order chi connectivity index (χ1) is 15.5. The molecule has 0 radical (unpaired) electrons. The van der Waals surface area contributed by atoms with Crippen LogP contribution in [-0.2, 0) is 13.2 Å². The topological polar surface area (TPSA) is 117 Å². The third kappa shape index (κ3) is 4.01. The van der Waals surface area contributed by atoms with Gasteiger partial charge in [0.05, 0.1) is 21.4 Å². The van der Waals surface area contributed by atoms with Crippen molar-refractivity contribution in [2.45, 2.75) is 13.1 Å². The maximum atomic E-state index is 13.2. The second-order valence-electron chi connectivity index (χ2n) is 7.75. The summed E-state index contributed by atoms with van der Waals surface area (Å²) in [5.74, 6) is -0.385. The van der Waals surface area contributed by atoms with Gasteiger partial charge in [0.15, 0.2) is 5.65 Å². The molecule has 13 heteroatoms. The number of aryl methyl sites for hydroxylation is 2. The lowest BCUT2D eigenvalue weighted by Gasteiger charge is -2.36. The maximum Gasteiger partial charge on any atom is 0.416 e. The van der Waals surface area contributed by atoms with Crippen molar-refractivity contribution in [2.24, 2.45) is 7.05 Å². The Balaban J connectivity index is 1.58. The molecule has 33 heavy (non-hydrogen) atoms. The number of fused-ring (bicyclic) bond motifs is 1. The number of aromatic nitrogens is 3. The van der Waals surface area contributed by atoms with Gasteiger partial charge in [-0.2, -0.15) is 13.2 Å². The summed E-state index contributed by atoms with van der Waals surface area (Å²) in [6.07, 6.45) is -4.70. The van der Waals surface area contributed by atoms with E-state index in [2.05, 4.69) is 10.1 Å². The van der Waals surface area contributed by atoms with Crippen molar-refractivity contribution < 1.29 is 22.9 Å². The van der Waals surface area contributed by atoms with E-state index in [0.717, 1.165) is 12.1 Å². The summed E-state index contributed by atoms with van der Waals surface area (Å²) in [7, 11) is 1.61. The molecule has 4 rings (SSSR count). The van der Waals surface area contributed by atoms with E-state index in [1.807, 2.05) is 0 Å². The zero-order valence-electron chi connectivity index (χ0n) is 17.6. The molecule has 1 fully saturated rings. The molecule has 174 valence electrons. The minimum absolute atomic E-state index is 0.0572. The van der Waals surface area contributed by atoms with Gasteiger partial charge in [0.2, 0.25) is 0 Å². The Bertz CT molecular complexity index is 1320. The molecule has 1 amide bonds. The highest BCUT2D eigenvalue weighted by atomic mass is 19.4. The molecule has 2 aromatic heterocycles. The maximum absolute atomic E-state index is 13.2. The molecule has 1 saturated heterocycles. The van der Waals surface area contributed by atoms with Crippen LogP contribution >= 0.6 is 0 Å². The zero-order chi connectivity index (χ0) is 24.1. The van der Waals surface area contributed by atoms with E-state index in [4.69, 9.17) is 0 Å². The molecule has 1 aliphatic rings. The predicted octanol–water partition coefficient (Wildman–Crippen LogP) is 2.46. The number of nitrogens with one attached hydrogen (secondary N) is 1. The number of nitro benzene ring substituents is 1.